The highest BCUT2D eigenvalue weighted by molar-refractivity contribution is 7.99. The number of carbonyl (C=O) groups is 2. The van der Waals surface area contributed by atoms with E-state index in [1.807, 2.05) is 13.8 Å². The van der Waals surface area contributed by atoms with Crippen molar-refractivity contribution < 1.29 is 14.7 Å². The Morgan fingerprint density at radius 1 is 1.56 bits per heavy atom. The van der Waals surface area contributed by atoms with Crippen LogP contribution in [0, 0.1) is 0 Å². The number of hydrogen-bond donors (Lipinski definition) is 2. The van der Waals surface area contributed by atoms with Crippen LogP contribution in [0.25, 0.3) is 0 Å². The number of nitrogens with one attached hydrogen (secondary N) is 1. The second kappa shape index (κ2) is 7.00. The van der Waals surface area contributed by atoms with Crippen LogP contribution in [0.5, 0.6) is 0 Å². The van der Waals surface area contributed by atoms with Crippen molar-refractivity contribution in [1.82, 2.24) is 20.3 Å². The molecule has 0 saturated heterocycles. The van der Waals surface area contributed by atoms with Crippen molar-refractivity contribution in [1.29, 1.82) is 0 Å². The van der Waals surface area contributed by atoms with E-state index in [9.17, 15) is 9.59 Å². The van der Waals surface area contributed by atoms with Crippen LogP contribution in [0.4, 0.5) is 0 Å². The quantitative estimate of drug-likeness (QED) is 0.690. The number of aryl methyl sites for hydroxylation is 1. The van der Waals surface area contributed by atoms with E-state index in [0.717, 1.165) is 0 Å². The fourth-order valence-corrected chi connectivity index (χ4v) is 1.92. The zero-order valence-corrected chi connectivity index (χ0v) is 11.1. The molecule has 0 aliphatic carbocycles. The van der Waals surface area contributed by atoms with E-state index >= 15 is 0 Å². The van der Waals surface area contributed by atoms with Crippen molar-refractivity contribution >= 4 is 23.6 Å². The zero-order chi connectivity index (χ0) is 13.5. The molecule has 18 heavy (non-hydrogen) atoms. The van der Waals surface area contributed by atoms with Gasteiger partial charge in [0, 0.05) is 11.8 Å². The molecule has 1 aromatic rings. The highest BCUT2D eigenvalue weighted by Crippen LogP contribution is 2.02. The van der Waals surface area contributed by atoms with Crippen LogP contribution in [0.15, 0.2) is 6.20 Å². The summed E-state index contributed by atoms with van der Waals surface area (Å²) < 4.78 is 1.46. The van der Waals surface area contributed by atoms with Gasteiger partial charge in [-0.1, -0.05) is 5.21 Å². The molecule has 0 radical (unpaired) electrons. The van der Waals surface area contributed by atoms with Crippen molar-refractivity contribution in [3.8, 4) is 0 Å². The molecule has 0 aliphatic heterocycles. The molecule has 1 amide bonds. The second-order valence-electron chi connectivity index (χ2n) is 3.95. The minimum absolute atomic E-state index is 0.000171. The number of nitrogens with zero attached hydrogens (tertiary/aromatic N) is 3. The lowest BCUT2D eigenvalue weighted by atomic mass is 10.4. The van der Waals surface area contributed by atoms with Gasteiger partial charge in [-0.25, -0.2) is 4.79 Å². The number of carbonyl (C=O) groups excluding carboxylic acids is 1. The maximum atomic E-state index is 11.3. The summed E-state index contributed by atoms with van der Waals surface area (Å²) >= 11 is 1.47. The minimum Gasteiger partial charge on any atom is -0.476 e. The number of amides is 1. The lowest BCUT2D eigenvalue weighted by molar-refractivity contribution is -0.119. The fourth-order valence-electron chi connectivity index (χ4n) is 1.19. The Morgan fingerprint density at radius 3 is 2.83 bits per heavy atom. The molecule has 8 heteroatoms. The minimum atomic E-state index is -1.09. The van der Waals surface area contributed by atoms with Gasteiger partial charge in [0.15, 0.2) is 5.69 Å². The van der Waals surface area contributed by atoms with Gasteiger partial charge in [-0.15, -0.1) is 5.10 Å². The molecule has 1 rings (SSSR count). The van der Waals surface area contributed by atoms with Crippen LogP contribution in [0.2, 0.25) is 0 Å². The summed E-state index contributed by atoms with van der Waals surface area (Å²) in [6.45, 7) is 4.34. The first-order valence-electron chi connectivity index (χ1n) is 5.49. The van der Waals surface area contributed by atoms with E-state index in [1.165, 1.54) is 22.6 Å². The van der Waals surface area contributed by atoms with Crippen LogP contribution in [0.1, 0.15) is 24.3 Å². The summed E-state index contributed by atoms with van der Waals surface area (Å²) in [5.41, 5.74) is -0.0717. The second-order valence-corrected chi connectivity index (χ2v) is 5.05. The molecule has 0 saturated carbocycles. The topological polar surface area (TPSA) is 97.1 Å². The van der Waals surface area contributed by atoms with Crippen LogP contribution >= 0.6 is 11.8 Å². The molecule has 1 aromatic heterocycles. The Balaban J connectivity index is 2.21. The lowest BCUT2D eigenvalue weighted by Crippen LogP contribution is -2.31. The van der Waals surface area contributed by atoms with Crippen molar-refractivity contribution in [3.63, 3.8) is 0 Å². The van der Waals surface area contributed by atoms with Crippen LogP contribution < -0.4 is 5.32 Å². The normalized spacial score (nSPS) is 10.6. The first kappa shape index (κ1) is 14.5. The molecule has 0 aliphatic rings. The van der Waals surface area contributed by atoms with Crippen molar-refractivity contribution in [2.75, 3.05) is 11.5 Å². The highest BCUT2D eigenvalue weighted by atomic mass is 32.2. The number of hydrogen-bond acceptors (Lipinski definition) is 5. The molecule has 0 unspecified atom stereocenters. The standard InChI is InChI=1S/C10H16N4O3S/c1-7(2)11-9(15)6-18-4-3-14-5-8(10(16)17)12-13-14/h5,7H,3-4,6H2,1-2H3,(H,11,15)(H,16,17). The highest BCUT2D eigenvalue weighted by Gasteiger charge is 2.08. The molecule has 0 spiro atoms. The molecule has 0 bridgehead atoms. The Morgan fingerprint density at radius 2 is 2.28 bits per heavy atom. The summed E-state index contributed by atoms with van der Waals surface area (Å²) in [7, 11) is 0. The average molecular weight is 272 g/mol. The smallest absolute Gasteiger partial charge is 0.358 e. The van der Waals surface area contributed by atoms with Gasteiger partial charge < -0.3 is 10.4 Å². The number of carboxylic acids is 1. The molecule has 0 aromatic carbocycles. The Bertz CT molecular complexity index is 419. The van der Waals surface area contributed by atoms with E-state index in [4.69, 9.17) is 5.11 Å². The molecule has 0 atom stereocenters. The molecule has 2 N–H and O–H groups in total. The summed E-state index contributed by atoms with van der Waals surface area (Å²) in [6, 6.07) is 0.145. The zero-order valence-electron chi connectivity index (χ0n) is 10.3. The van der Waals surface area contributed by atoms with Crippen LogP contribution in [0.3, 0.4) is 0 Å². The van der Waals surface area contributed by atoms with Crippen LogP contribution in [-0.4, -0.2) is 49.5 Å². The first-order chi connectivity index (χ1) is 8.49. The predicted molar refractivity (Wildman–Crippen MR) is 67.6 cm³/mol. The Labute approximate surface area is 109 Å². The maximum Gasteiger partial charge on any atom is 0.358 e. The number of aromatic carboxylic acids is 1. The van der Waals surface area contributed by atoms with Gasteiger partial charge in [0.1, 0.15) is 0 Å². The number of rotatable bonds is 7. The molecule has 1 heterocycles. The van der Waals surface area contributed by atoms with Gasteiger partial charge in [0.25, 0.3) is 0 Å². The summed E-state index contributed by atoms with van der Waals surface area (Å²) in [5, 5.41) is 18.6. The number of carboxylic acid groups (broad SMARTS) is 1. The third kappa shape index (κ3) is 5.17. The number of aromatic nitrogens is 3. The third-order valence-corrected chi connectivity index (χ3v) is 2.84. The molecule has 7 nitrogen and oxygen atoms in total. The van der Waals surface area contributed by atoms with Gasteiger partial charge >= 0.3 is 5.97 Å². The third-order valence-electron chi connectivity index (χ3n) is 1.91. The Hall–Kier alpha value is -1.57. The van der Waals surface area contributed by atoms with E-state index in [-0.39, 0.29) is 17.6 Å². The average Bonchev–Trinajstić information content (AvgIpc) is 2.72. The van der Waals surface area contributed by atoms with Crippen molar-refractivity contribution in [3.05, 3.63) is 11.9 Å². The SMILES string of the molecule is CC(C)NC(=O)CSCCn1cc(C(=O)O)nn1. The monoisotopic (exact) mass is 272 g/mol. The summed E-state index contributed by atoms with van der Waals surface area (Å²) in [6.07, 6.45) is 1.37. The largest absolute Gasteiger partial charge is 0.476 e. The summed E-state index contributed by atoms with van der Waals surface area (Å²) in [4.78, 5) is 21.9. The molecular weight excluding hydrogens is 256 g/mol. The van der Waals surface area contributed by atoms with Crippen molar-refractivity contribution in [2.24, 2.45) is 0 Å². The van der Waals surface area contributed by atoms with Crippen LogP contribution in [-0.2, 0) is 11.3 Å². The van der Waals surface area contributed by atoms with Gasteiger partial charge in [-0.05, 0) is 13.8 Å². The molecule has 0 fully saturated rings. The summed E-state index contributed by atoms with van der Waals surface area (Å²) in [5.74, 6) is -0.0305. The van der Waals surface area contributed by atoms with E-state index in [1.54, 1.807) is 0 Å². The lowest BCUT2D eigenvalue weighted by Gasteiger charge is -2.07. The van der Waals surface area contributed by atoms with E-state index < -0.39 is 5.97 Å². The van der Waals surface area contributed by atoms with E-state index in [2.05, 4.69) is 15.6 Å². The fraction of sp³-hybridized carbons (Fsp3) is 0.600. The van der Waals surface area contributed by atoms with E-state index in [0.29, 0.717) is 18.1 Å². The van der Waals surface area contributed by atoms with Gasteiger partial charge in [-0.2, -0.15) is 11.8 Å². The molecular formula is C10H16N4O3S. The van der Waals surface area contributed by atoms with Gasteiger partial charge in [0.2, 0.25) is 5.91 Å². The van der Waals surface area contributed by atoms with Crippen molar-refractivity contribution in [2.45, 2.75) is 26.4 Å². The maximum absolute atomic E-state index is 11.3. The van der Waals surface area contributed by atoms with Gasteiger partial charge in [0.05, 0.1) is 18.5 Å². The predicted octanol–water partition coefficient (Wildman–Crippen LogP) is 0.234. The number of thioether (sulfide) groups is 1. The first-order valence-corrected chi connectivity index (χ1v) is 6.65. The Kier molecular flexibility index (Phi) is 5.63. The van der Waals surface area contributed by atoms with Gasteiger partial charge in [-0.3, -0.25) is 9.48 Å². The molecule has 100 valence electrons.